The van der Waals surface area contributed by atoms with Crippen LogP contribution in [0.15, 0.2) is 10.2 Å². The topological polar surface area (TPSA) is 138 Å². The van der Waals surface area contributed by atoms with Gasteiger partial charge in [-0.25, -0.2) is 9.97 Å². The maximum absolute atomic E-state index is 11.3. The molecule has 0 spiro atoms. The number of hydrogen-bond donors (Lipinski definition) is 3. The Labute approximate surface area is 126 Å². The lowest BCUT2D eigenvalue weighted by Crippen LogP contribution is -2.13. The number of nitrogens with two attached hydrogens (primary N) is 3. The summed E-state index contributed by atoms with van der Waals surface area (Å²) in [5.41, 5.74) is 16.6. The fourth-order valence-corrected chi connectivity index (χ4v) is 3.80. The van der Waals surface area contributed by atoms with Crippen molar-refractivity contribution in [2.45, 2.75) is 10.2 Å². The molecule has 106 valence electrons. The minimum Gasteiger partial charge on any atom is -0.397 e. The summed E-state index contributed by atoms with van der Waals surface area (Å²) in [6.07, 6.45) is 1.84. The van der Waals surface area contributed by atoms with E-state index in [0.717, 1.165) is 23.1 Å². The molecule has 2 rings (SSSR count). The molecule has 0 unspecified atom stereocenters. The molecule has 0 fully saturated rings. The third-order valence-corrected chi connectivity index (χ3v) is 4.96. The maximum atomic E-state index is 11.3. The van der Waals surface area contributed by atoms with Gasteiger partial charge in [0.25, 0.3) is 5.91 Å². The van der Waals surface area contributed by atoms with Crippen LogP contribution in [0.2, 0.25) is 0 Å². The third-order valence-electron chi connectivity index (χ3n) is 2.30. The summed E-state index contributed by atoms with van der Waals surface area (Å²) in [5, 5.41) is 1.68. The highest BCUT2D eigenvalue weighted by atomic mass is 32.2. The number of rotatable bonds is 5. The molecule has 10 heteroatoms. The van der Waals surface area contributed by atoms with Gasteiger partial charge in [-0.1, -0.05) is 11.8 Å². The van der Waals surface area contributed by atoms with Crippen molar-refractivity contribution in [3.63, 3.8) is 0 Å². The fourth-order valence-electron chi connectivity index (χ4n) is 1.50. The second kappa shape index (κ2) is 5.85. The van der Waals surface area contributed by atoms with Crippen molar-refractivity contribution < 1.29 is 9.59 Å². The van der Waals surface area contributed by atoms with Gasteiger partial charge in [-0.05, 0) is 6.26 Å². The van der Waals surface area contributed by atoms with Crippen LogP contribution in [-0.4, -0.2) is 33.8 Å². The van der Waals surface area contributed by atoms with Gasteiger partial charge < -0.3 is 17.2 Å². The number of anilines is 1. The SMILES string of the molecule is CSc1nc(SCC(N)=O)nc2sc(C(N)=O)c(N)c12. The average molecular weight is 329 g/mol. The molecule has 0 radical (unpaired) electrons. The molecular weight excluding hydrogens is 318 g/mol. The van der Waals surface area contributed by atoms with E-state index in [1.807, 2.05) is 6.26 Å². The Morgan fingerprint density at radius 2 is 2.00 bits per heavy atom. The van der Waals surface area contributed by atoms with Gasteiger partial charge in [-0.2, -0.15) is 0 Å². The molecular formula is C10H11N5O2S3. The highest BCUT2D eigenvalue weighted by Crippen LogP contribution is 2.38. The van der Waals surface area contributed by atoms with Gasteiger partial charge in [-0.3, -0.25) is 9.59 Å². The summed E-state index contributed by atoms with van der Waals surface area (Å²) in [5.74, 6) is -0.958. The van der Waals surface area contributed by atoms with Crippen molar-refractivity contribution in [2.75, 3.05) is 17.7 Å². The van der Waals surface area contributed by atoms with Crippen molar-refractivity contribution in [3.8, 4) is 0 Å². The number of primary amides is 2. The van der Waals surface area contributed by atoms with Gasteiger partial charge in [0, 0.05) is 0 Å². The van der Waals surface area contributed by atoms with E-state index < -0.39 is 11.8 Å². The maximum Gasteiger partial charge on any atom is 0.260 e. The zero-order valence-corrected chi connectivity index (χ0v) is 12.8. The highest BCUT2D eigenvalue weighted by Gasteiger charge is 2.19. The fraction of sp³-hybridized carbons (Fsp3) is 0.200. The molecule has 0 aliphatic carbocycles. The van der Waals surface area contributed by atoms with E-state index in [1.54, 1.807) is 0 Å². The number of hydrogen-bond acceptors (Lipinski definition) is 8. The van der Waals surface area contributed by atoms with Crippen LogP contribution in [0.5, 0.6) is 0 Å². The van der Waals surface area contributed by atoms with E-state index in [9.17, 15) is 9.59 Å². The lowest BCUT2D eigenvalue weighted by atomic mass is 10.3. The van der Waals surface area contributed by atoms with Crippen LogP contribution >= 0.6 is 34.9 Å². The molecule has 0 bridgehead atoms. The normalized spacial score (nSPS) is 10.8. The number of nitrogen functional groups attached to an aromatic ring is 1. The van der Waals surface area contributed by atoms with Gasteiger partial charge in [0.15, 0.2) is 5.16 Å². The van der Waals surface area contributed by atoms with Crippen LogP contribution in [0.3, 0.4) is 0 Å². The van der Waals surface area contributed by atoms with Crippen molar-refractivity contribution in [2.24, 2.45) is 11.5 Å². The minimum atomic E-state index is -0.594. The average Bonchev–Trinajstić information content (AvgIpc) is 2.73. The molecule has 0 aliphatic heterocycles. The summed E-state index contributed by atoms with van der Waals surface area (Å²) in [6, 6.07) is 0. The van der Waals surface area contributed by atoms with Crippen LogP contribution < -0.4 is 17.2 Å². The second-order valence-corrected chi connectivity index (χ2v) is 6.40. The van der Waals surface area contributed by atoms with E-state index in [1.165, 1.54) is 11.8 Å². The first-order valence-electron chi connectivity index (χ1n) is 5.29. The van der Waals surface area contributed by atoms with Crippen LogP contribution in [0.1, 0.15) is 9.67 Å². The van der Waals surface area contributed by atoms with Gasteiger partial charge in [0.2, 0.25) is 5.91 Å². The molecule has 0 saturated carbocycles. The van der Waals surface area contributed by atoms with Crippen LogP contribution in [0.25, 0.3) is 10.2 Å². The summed E-state index contributed by atoms with van der Waals surface area (Å²) in [7, 11) is 0. The van der Waals surface area contributed by atoms with Crippen LogP contribution in [0, 0.1) is 0 Å². The zero-order valence-electron chi connectivity index (χ0n) is 10.4. The van der Waals surface area contributed by atoms with Crippen molar-refractivity contribution in [1.29, 1.82) is 0 Å². The summed E-state index contributed by atoms with van der Waals surface area (Å²) >= 11 is 3.63. The Hall–Kier alpha value is -1.52. The molecule has 0 aliphatic rings. The van der Waals surface area contributed by atoms with E-state index in [0.29, 0.717) is 26.1 Å². The quantitative estimate of drug-likeness (QED) is 0.416. The van der Waals surface area contributed by atoms with Gasteiger partial charge in [-0.15, -0.1) is 23.1 Å². The molecule has 2 aromatic heterocycles. The molecule has 0 atom stereocenters. The van der Waals surface area contributed by atoms with Crippen LogP contribution in [0.4, 0.5) is 5.69 Å². The Balaban J connectivity index is 2.56. The lowest BCUT2D eigenvalue weighted by Gasteiger charge is -2.03. The first kappa shape index (κ1) is 14.9. The predicted molar refractivity (Wildman–Crippen MR) is 82.0 cm³/mol. The zero-order chi connectivity index (χ0) is 14.9. The van der Waals surface area contributed by atoms with Gasteiger partial charge in [0.05, 0.1) is 16.8 Å². The van der Waals surface area contributed by atoms with E-state index in [-0.39, 0.29) is 10.6 Å². The van der Waals surface area contributed by atoms with Crippen molar-refractivity contribution in [1.82, 2.24) is 9.97 Å². The van der Waals surface area contributed by atoms with E-state index in [4.69, 9.17) is 17.2 Å². The Morgan fingerprint density at radius 3 is 2.55 bits per heavy atom. The molecule has 20 heavy (non-hydrogen) atoms. The Kier molecular flexibility index (Phi) is 4.35. The number of amides is 2. The lowest BCUT2D eigenvalue weighted by molar-refractivity contribution is -0.115. The van der Waals surface area contributed by atoms with Gasteiger partial charge in [0.1, 0.15) is 14.7 Å². The first-order valence-corrected chi connectivity index (χ1v) is 8.31. The third kappa shape index (κ3) is 2.81. The smallest absolute Gasteiger partial charge is 0.260 e. The minimum absolute atomic E-state index is 0.0862. The number of carbonyl (C=O) groups is 2. The summed E-state index contributed by atoms with van der Waals surface area (Å²) < 4.78 is 0. The number of carbonyl (C=O) groups excluding carboxylic acids is 2. The largest absolute Gasteiger partial charge is 0.397 e. The highest BCUT2D eigenvalue weighted by molar-refractivity contribution is 8.00. The van der Waals surface area contributed by atoms with Gasteiger partial charge >= 0.3 is 0 Å². The van der Waals surface area contributed by atoms with E-state index >= 15 is 0 Å². The Bertz CT molecular complexity index is 700. The Morgan fingerprint density at radius 1 is 1.30 bits per heavy atom. The number of thiophene rings is 1. The predicted octanol–water partition coefficient (Wildman–Crippen LogP) is 0.672. The molecule has 6 N–H and O–H groups in total. The summed E-state index contributed by atoms with van der Waals surface area (Å²) in [6.45, 7) is 0. The number of fused-ring (bicyclic) bond motifs is 1. The van der Waals surface area contributed by atoms with E-state index in [2.05, 4.69) is 9.97 Å². The molecule has 0 aromatic carbocycles. The first-order chi connectivity index (χ1) is 9.43. The second-order valence-electron chi connectivity index (χ2n) is 3.66. The number of thioether (sulfide) groups is 2. The number of nitrogens with zero attached hydrogens (tertiary/aromatic N) is 2. The standard InChI is InChI=1S/C10H11N5O2S3/c1-18-8-4-5(12)6(7(13)17)20-9(4)15-10(14-8)19-2-3(11)16/h2,12H2,1H3,(H2,11,16)(H2,13,17). The monoisotopic (exact) mass is 329 g/mol. The summed E-state index contributed by atoms with van der Waals surface area (Å²) in [4.78, 5) is 31.5. The molecule has 2 heterocycles. The van der Waals surface area contributed by atoms with Crippen molar-refractivity contribution >= 4 is 62.6 Å². The van der Waals surface area contributed by atoms with Crippen molar-refractivity contribution in [3.05, 3.63) is 4.88 Å². The molecule has 7 nitrogen and oxygen atoms in total. The number of aromatic nitrogens is 2. The van der Waals surface area contributed by atoms with Crippen LogP contribution in [-0.2, 0) is 4.79 Å². The molecule has 2 aromatic rings. The molecule has 0 saturated heterocycles. The molecule has 2 amide bonds.